The molecule has 1 N–H and O–H groups in total. The van der Waals surface area contributed by atoms with Crippen LogP contribution in [0.25, 0.3) is 0 Å². The first-order valence-electron chi connectivity index (χ1n) is 7.16. The van der Waals surface area contributed by atoms with Crippen LogP contribution in [0.1, 0.15) is 39.0 Å². The summed E-state index contributed by atoms with van der Waals surface area (Å²) in [6.45, 7) is 3.34. The van der Waals surface area contributed by atoms with E-state index in [1.807, 2.05) is 0 Å². The van der Waals surface area contributed by atoms with Crippen LogP contribution >= 0.6 is 0 Å². The van der Waals surface area contributed by atoms with Gasteiger partial charge in [-0.15, -0.1) is 0 Å². The summed E-state index contributed by atoms with van der Waals surface area (Å²) in [4.78, 5) is 2.30. The summed E-state index contributed by atoms with van der Waals surface area (Å²) in [5.74, 6) is 0.872. The summed E-state index contributed by atoms with van der Waals surface area (Å²) in [6, 6.07) is 0.412. The highest BCUT2D eigenvalue weighted by molar-refractivity contribution is 7.91. The summed E-state index contributed by atoms with van der Waals surface area (Å²) in [5, 5.41) is 10.00. The number of hydrogen-bond acceptors (Lipinski definition) is 4. The minimum Gasteiger partial charge on any atom is -0.393 e. The van der Waals surface area contributed by atoms with Crippen LogP contribution in [0.4, 0.5) is 0 Å². The zero-order valence-electron chi connectivity index (χ0n) is 11.2. The van der Waals surface area contributed by atoms with E-state index < -0.39 is 9.84 Å². The van der Waals surface area contributed by atoms with Gasteiger partial charge >= 0.3 is 0 Å². The number of likely N-dealkylation sites (tertiary alicyclic amines) is 1. The van der Waals surface area contributed by atoms with Gasteiger partial charge in [0.25, 0.3) is 0 Å². The van der Waals surface area contributed by atoms with E-state index in [4.69, 9.17) is 0 Å². The van der Waals surface area contributed by atoms with Gasteiger partial charge in [-0.1, -0.05) is 13.3 Å². The minimum absolute atomic E-state index is 0.168. The average molecular weight is 275 g/mol. The van der Waals surface area contributed by atoms with Gasteiger partial charge in [-0.3, -0.25) is 4.90 Å². The number of hydrogen-bond donors (Lipinski definition) is 1. The molecule has 2 fully saturated rings. The molecule has 0 radical (unpaired) electrons. The van der Waals surface area contributed by atoms with Gasteiger partial charge in [0, 0.05) is 24.3 Å². The van der Waals surface area contributed by atoms with Crippen LogP contribution in [0, 0.1) is 5.92 Å². The molecule has 1 aliphatic carbocycles. The lowest BCUT2D eigenvalue weighted by atomic mass is 9.94. The molecule has 1 saturated heterocycles. The standard InChI is InChI=1S/C13H25NO3S/c1-2-18(16,17)10-9-14-8-4-6-12(14)11-5-3-7-13(11)15/h11-13,15H,2-10H2,1H3. The Bertz CT molecular complexity index is 368. The second-order valence-corrected chi connectivity index (χ2v) is 8.12. The summed E-state index contributed by atoms with van der Waals surface area (Å²) >= 11 is 0. The molecule has 0 amide bonds. The molecule has 1 heterocycles. The maximum atomic E-state index is 11.6. The fraction of sp³-hybridized carbons (Fsp3) is 1.00. The molecule has 0 aromatic heterocycles. The first-order valence-corrected chi connectivity index (χ1v) is 8.98. The van der Waals surface area contributed by atoms with E-state index in [-0.39, 0.29) is 17.6 Å². The fourth-order valence-electron chi connectivity index (χ4n) is 3.43. The summed E-state index contributed by atoms with van der Waals surface area (Å²) in [6.07, 6.45) is 5.22. The van der Waals surface area contributed by atoms with Crippen molar-refractivity contribution in [3.05, 3.63) is 0 Å². The van der Waals surface area contributed by atoms with Gasteiger partial charge < -0.3 is 5.11 Å². The minimum atomic E-state index is -2.87. The number of nitrogens with zero attached hydrogens (tertiary/aromatic N) is 1. The van der Waals surface area contributed by atoms with E-state index >= 15 is 0 Å². The molecular weight excluding hydrogens is 250 g/mol. The Morgan fingerprint density at radius 1 is 1.22 bits per heavy atom. The van der Waals surface area contributed by atoms with Crippen LogP contribution in [0.2, 0.25) is 0 Å². The highest BCUT2D eigenvalue weighted by Crippen LogP contribution is 2.35. The quantitative estimate of drug-likeness (QED) is 0.815. The monoisotopic (exact) mass is 275 g/mol. The maximum absolute atomic E-state index is 11.6. The molecule has 5 heteroatoms. The number of aliphatic hydroxyl groups excluding tert-OH is 1. The number of sulfone groups is 1. The summed E-state index contributed by atoms with van der Waals surface area (Å²) in [5.41, 5.74) is 0. The van der Waals surface area contributed by atoms with Crippen LogP contribution in [0.15, 0.2) is 0 Å². The van der Waals surface area contributed by atoms with Gasteiger partial charge in [0.05, 0.1) is 11.9 Å². The molecule has 1 saturated carbocycles. The second-order valence-electron chi connectivity index (χ2n) is 5.64. The van der Waals surface area contributed by atoms with Crippen LogP contribution in [-0.4, -0.2) is 55.2 Å². The van der Waals surface area contributed by atoms with Crippen LogP contribution in [-0.2, 0) is 9.84 Å². The average Bonchev–Trinajstić information content (AvgIpc) is 2.94. The molecule has 4 nitrogen and oxygen atoms in total. The van der Waals surface area contributed by atoms with Crippen LogP contribution in [0.5, 0.6) is 0 Å². The molecule has 0 aromatic carbocycles. The van der Waals surface area contributed by atoms with Crippen molar-refractivity contribution in [3.8, 4) is 0 Å². The van der Waals surface area contributed by atoms with Crippen molar-refractivity contribution in [2.75, 3.05) is 24.6 Å². The third kappa shape index (κ3) is 3.25. The Kier molecular flexibility index (Phi) is 4.67. The zero-order valence-corrected chi connectivity index (χ0v) is 12.0. The van der Waals surface area contributed by atoms with E-state index in [1.54, 1.807) is 6.92 Å². The highest BCUT2D eigenvalue weighted by atomic mass is 32.2. The third-order valence-electron chi connectivity index (χ3n) is 4.57. The second kappa shape index (κ2) is 5.88. The lowest BCUT2D eigenvalue weighted by Crippen LogP contribution is -2.41. The molecule has 1 aliphatic heterocycles. The molecule has 2 rings (SSSR count). The summed E-state index contributed by atoms with van der Waals surface area (Å²) in [7, 11) is -2.87. The Hall–Kier alpha value is -0.130. The van der Waals surface area contributed by atoms with Gasteiger partial charge in [-0.2, -0.15) is 0 Å². The third-order valence-corrected chi connectivity index (χ3v) is 6.25. The largest absolute Gasteiger partial charge is 0.393 e. The van der Waals surface area contributed by atoms with Crippen molar-refractivity contribution >= 4 is 9.84 Å². The molecule has 2 aliphatic rings. The first-order chi connectivity index (χ1) is 8.53. The maximum Gasteiger partial charge on any atom is 0.151 e. The SMILES string of the molecule is CCS(=O)(=O)CCN1CCCC1C1CCCC1O. The molecule has 106 valence electrons. The fourth-order valence-corrected chi connectivity index (χ4v) is 4.23. The van der Waals surface area contributed by atoms with Crippen molar-refractivity contribution in [2.45, 2.75) is 51.2 Å². The van der Waals surface area contributed by atoms with E-state index in [0.29, 0.717) is 18.5 Å². The molecule has 0 aromatic rings. The van der Waals surface area contributed by atoms with Gasteiger partial charge in [0.15, 0.2) is 9.84 Å². The normalized spacial score (nSPS) is 34.2. The smallest absolute Gasteiger partial charge is 0.151 e. The Morgan fingerprint density at radius 2 is 2.00 bits per heavy atom. The topological polar surface area (TPSA) is 57.6 Å². The molecular formula is C13H25NO3S. The Labute approximate surface area is 110 Å². The zero-order chi connectivity index (χ0) is 13.2. The summed E-state index contributed by atoms with van der Waals surface area (Å²) < 4.78 is 23.1. The van der Waals surface area contributed by atoms with Gasteiger partial charge in [-0.25, -0.2) is 8.42 Å². The lowest BCUT2D eigenvalue weighted by Gasteiger charge is -2.31. The molecule has 3 atom stereocenters. The molecule has 3 unspecified atom stereocenters. The van der Waals surface area contributed by atoms with Crippen molar-refractivity contribution in [1.29, 1.82) is 0 Å². The van der Waals surface area contributed by atoms with Gasteiger partial charge in [0.2, 0.25) is 0 Å². The van der Waals surface area contributed by atoms with Gasteiger partial charge in [-0.05, 0) is 32.2 Å². The predicted molar refractivity (Wildman–Crippen MR) is 72.3 cm³/mol. The van der Waals surface area contributed by atoms with E-state index in [2.05, 4.69) is 4.90 Å². The van der Waals surface area contributed by atoms with Crippen LogP contribution < -0.4 is 0 Å². The van der Waals surface area contributed by atoms with Crippen molar-refractivity contribution in [1.82, 2.24) is 4.90 Å². The molecule has 0 spiro atoms. The van der Waals surface area contributed by atoms with Crippen molar-refractivity contribution in [2.24, 2.45) is 5.92 Å². The number of rotatable bonds is 5. The van der Waals surface area contributed by atoms with E-state index in [0.717, 1.165) is 38.6 Å². The molecule has 18 heavy (non-hydrogen) atoms. The van der Waals surface area contributed by atoms with E-state index in [9.17, 15) is 13.5 Å². The molecule has 0 bridgehead atoms. The highest BCUT2D eigenvalue weighted by Gasteiger charge is 2.38. The van der Waals surface area contributed by atoms with E-state index in [1.165, 1.54) is 0 Å². The Balaban J connectivity index is 1.91. The Morgan fingerprint density at radius 3 is 2.61 bits per heavy atom. The van der Waals surface area contributed by atoms with Crippen molar-refractivity contribution in [3.63, 3.8) is 0 Å². The lowest BCUT2D eigenvalue weighted by molar-refractivity contribution is 0.0770. The van der Waals surface area contributed by atoms with Crippen LogP contribution in [0.3, 0.4) is 0 Å². The predicted octanol–water partition coefficient (Wildman–Crippen LogP) is 1.05. The van der Waals surface area contributed by atoms with Gasteiger partial charge in [0.1, 0.15) is 0 Å². The first kappa shape index (κ1) is 14.3. The van der Waals surface area contributed by atoms with Crippen molar-refractivity contribution < 1.29 is 13.5 Å². The number of aliphatic hydroxyl groups is 1.